The third kappa shape index (κ3) is 2.08. The number of aromatic nitrogens is 4. The van der Waals surface area contributed by atoms with E-state index in [0.29, 0.717) is 23.5 Å². The number of hydrogen-bond donors (Lipinski definition) is 1. The second kappa shape index (κ2) is 4.56. The standard InChI is InChI=1S/C13H13N5O/c1-19-10-4-2-9(3-5-10)8-18-13-11(12(14)17-18)15-6-7-16-13/h2-7H,8H2,1H3,(H2,14,17). The van der Waals surface area contributed by atoms with Crippen LogP contribution in [0.5, 0.6) is 5.75 Å². The van der Waals surface area contributed by atoms with Crippen LogP contribution >= 0.6 is 0 Å². The summed E-state index contributed by atoms with van der Waals surface area (Å²) in [6.45, 7) is 0.594. The first kappa shape index (κ1) is 11.5. The van der Waals surface area contributed by atoms with Gasteiger partial charge in [-0.15, -0.1) is 0 Å². The van der Waals surface area contributed by atoms with Crippen LogP contribution in [0.4, 0.5) is 5.82 Å². The molecule has 0 atom stereocenters. The Hall–Kier alpha value is -2.63. The summed E-state index contributed by atoms with van der Waals surface area (Å²) in [6.07, 6.45) is 3.24. The number of rotatable bonds is 3. The molecule has 3 rings (SSSR count). The van der Waals surface area contributed by atoms with Crippen molar-refractivity contribution < 1.29 is 4.74 Å². The van der Waals surface area contributed by atoms with Crippen LogP contribution in [0.3, 0.4) is 0 Å². The number of anilines is 1. The van der Waals surface area contributed by atoms with E-state index in [4.69, 9.17) is 10.5 Å². The molecule has 0 bridgehead atoms. The lowest BCUT2D eigenvalue weighted by atomic mass is 10.2. The number of fused-ring (bicyclic) bond motifs is 1. The molecular formula is C13H13N5O. The second-order valence-electron chi connectivity index (χ2n) is 4.12. The molecule has 0 aliphatic heterocycles. The monoisotopic (exact) mass is 255 g/mol. The van der Waals surface area contributed by atoms with Gasteiger partial charge in [0.05, 0.1) is 13.7 Å². The summed E-state index contributed by atoms with van der Waals surface area (Å²) in [5.74, 6) is 1.23. The van der Waals surface area contributed by atoms with Crippen molar-refractivity contribution in [1.82, 2.24) is 19.7 Å². The molecule has 0 fully saturated rings. The molecular weight excluding hydrogens is 242 g/mol. The van der Waals surface area contributed by atoms with Gasteiger partial charge in [0.2, 0.25) is 0 Å². The third-order valence-electron chi connectivity index (χ3n) is 2.89. The van der Waals surface area contributed by atoms with E-state index >= 15 is 0 Å². The van der Waals surface area contributed by atoms with E-state index in [1.807, 2.05) is 24.3 Å². The van der Waals surface area contributed by atoms with Gasteiger partial charge < -0.3 is 10.5 Å². The van der Waals surface area contributed by atoms with Crippen molar-refractivity contribution in [2.24, 2.45) is 0 Å². The molecule has 2 N–H and O–H groups in total. The average molecular weight is 255 g/mol. The number of ether oxygens (including phenoxy) is 1. The van der Waals surface area contributed by atoms with Gasteiger partial charge in [0.25, 0.3) is 0 Å². The van der Waals surface area contributed by atoms with Crippen LogP contribution in [0, 0.1) is 0 Å². The molecule has 6 nitrogen and oxygen atoms in total. The molecule has 96 valence electrons. The van der Waals surface area contributed by atoms with Crippen molar-refractivity contribution in [3.8, 4) is 5.75 Å². The lowest BCUT2D eigenvalue weighted by Crippen LogP contribution is -2.03. The molecule has 0 amide bonds. The van der Waals surface area contributed by atoms with Gasteiger partial charge in [-0.2, -0.15) is 5.10 Å². The maximum Gasteiger partial charge on any atom is 0.179 e. The first-order valence-corrected chi connectivity index (χ1v) is 5.84. The highest BCUT2D eigenvalue weighted by Gasteiger charge is 2.10. The second-order valence-corrected chi connectivity index (χ2v) is 4.12. The first-order valence-electron chi connectivity index (χ1n) is 5.84. The molecule has 0 saturated heterocycles. The molecule has 0 radical (unpaired) electrons. The van der Waals surface area contributed by atoms with Crippen LogP contribution in [0.15, 0.2) is 36.7 Å². The number of nitrogen functional groups attached to an aromatic ring is 1. The van der Waals surface area contributed by atoms with Gasteiger partial charge in [0.15, 0.2) is 17.0 Å². The van der Waals surface area contributed by atoms with E-state index in [-0.39, 0.29) is 0 Å². The van der Waals surface area contributed by atoms with Gasteiger partial charge >= 0.3 is 0 Å². The Balaban J connectivity index is 1.96. The van der Waals surface area contributed by atoms with Crippen molar-refractivity contribution in [1.29, 1.82) is 0 Å². The Morgan fingerprint density at radius 2 is 1.89 bits per heavy atom. The number of nitrogens with zero attached hydrogens (tertiary/aromatic N) is 4. The Morgan fingerprint density at radius 1 is 1.16 bits per heavy atom. The summed E-state index contributed by atoms with van der Waals surface area (Å²) >= 11 is 0. The van der Waals surface area contributed by atoms with Crippen molar-refractivity contribution in [2.45, 2.75) is 6.54 Å². The van der Waals surface area contributed by atoms with Gasteiger partial charge in [-0.25, -0.2) is 14.6 Å². The number of hydrogen-bond acceptors (Lipinski definition) is 5. The minimum absolute atomic E-state index is 0.400. The van der Waals surface area contributed by atoms with Crippen molar-refractivity contribution in [3.05, 3.63) is 42.2 Å². The zero-order valence-corrected chi connectivity index (χ0v) is 10.4. The molecule has 2 heterocycles. The Labute approximate surface area is 109 Å². The fourth-order valence-electron chi connectivity index (χ4n) is 1.94. The largest absolute Gasteiger partial charge is 0.497 e. The van der Waals surface area contributed by atoms with Gasteiger partial charge in [-0.1, -0.05) is 12.1 Å². The predicted molar refractivity (Wildman–Crippen MR) is 71.8 cm³/mol. The maximum atomic E-state index is 5.82. The zero-order chi connectivity index (χ0) is 13.2. The smallest absolute Gasteiger partial charge is 0.179 e. The third-order valence-corrected chi connectivity index (χ3v) is 2.89. The molecule has 0 spiro atoms. The fourth-order valence-corrected chi connectivity index (χ4v) is 1.94. The molecule has 0 saturated carbocycles. The van der Waals surface area contributed by atoms with Crippen LogP contribution in [0.2, 0.25) is 0 Å². The van der Waals surface area contributed by atoms with Gasteiger partial charge in [0.1, 0.15) is 5.75 Å². The van der Waals surface area contributed by atoms with Crippen molar-refractivity contribution in [2.75, 3.05) is 12.8 Å². The van der Waals surface area contributed by atoms with Crippen molar-refractivity contribution >= 4 is 17.0 Å². The minimum atomic E-state index is 0.400. The van der Waals surface area contributed by atoms with E-state index in [2.05, 4.69) is 15.1 Å². The van der Waals surface area contributed by atoms with Gasteiger partial charge in [0, 0.05) is 12.4 Å². The normalized spacial score (nSPS) is 10.8. The highest BCUT2D eigenvalue weighted by molar-refractivity contribution is 5.81. The molecule has 0 aliphatic carbocycles. The first-order chi connectivity index (χ1) is 9.28. The number of nitrogens with two attached hydrogens (primary N) is 1. The van der Waals surface area contributed by atoms with Crippen LogP contribution in [-0.4, -0.2) is 26.9 Å². The molecule has 1 aromatic carbocycles. The van der Waals surface area contributed by atoms with E-state index < -0.39 is 0 Å². The Kier molecular flexibility index (Phi) is 2.75. The van der Waals surface area contributed by atoms with Crippen LogP contribution in [0.1, 0.15) is 5.56 Å². The highest BCUT2D eigenvalue weighted by Crippen LogP contribution is 2.17. The summed E-state index contributed by atoms with van der Waals surface area (Å²) in [4.78, 5) is 8.44. The lowest BCUT2D eigenvalue weighted by Gasteiger charge is -2.04. The summed E-state index contributed by atoms with van der Waals surface area (Å²) < 4.78 is 6.88. The fraction of sp³-hybridized carbons (Fsp3) is 0.154. The predicted octanol–water partition coefficient (Wildman–Crippen LogP) is 1.47. The van der Waals surface area contributed by atoms with E-state index in [0.717, 1.165) is 11.3 Å². The van der Waals surface area contributed by atoms with Crippen LogP contribution in [0.25, 0.3) is 11.2 Å². The maximum absolute atomic E-state index is 5.82. The number of benzene rings is 1. The molecule has 0 unspecified atom stereocenters. The average Bonchev–Trinajstić information content (AvgIpc) is 2.77. The highest BCUT2D eigenvalue weighted by atomic mass is 16.5. The molecule has 0 aliphatic rings. The van der Waals surface area contributed by atoms with Gasteiger partial charge in [-0.3, -0.25) is 0 Å². The Morgan fingerprint density at radius 3 is 2.63 bits per heavy atom. The SMILES string of the molecule is COc1ccc(Cn2nc(N)c3nccnc32)cc1. The molecule has 3 aromatic rings. The zero-order valence-electron chi connectivity index (χ0n) is 10.4. The summed E-state index contributed by atoms with van der Waals surface area (Å²) in [6, 6.07) is 7.80. The minimum Gasteiger partial charge on any atom is -0.497 e. The van der Waals surface area contributed by atoms with Crippen molar-refractivity contribution in [3.63, 3.8) is 0 Å². The molecule has 19 heavy (non-hydrogen) atoms. The topological polar surface area (TPSA) is 78.9 Å². The summed E-state index contributed by atoms with van der Waals surface area (Å²) in [5.41, 5.74) is 8.24. The van der Waals surface area contributed by atoms with E-state index in [1.165, 1.54) is 0 Å². The summed E-state index contributed by atoms with van der Waals surface area (Å²) in [5, 5.41) is 4.27. The van der Waals surface area contributed by atoms with Gasteiger partial charge in [-0.05, 0) is 17.7 Å². The lowest BCUT2D eigenvalue weighted by molar-refractivity contribution is 0.414. The van der Waals surface area contributed by atoms with E-state index in [9.17, 15) is 0 Å². The van der Waals surface area contributed by atoms with Crippen LogP contribution in [-0.2, 0) is 6.54 Å². The molecule has 6 heteroatoms. The van der Waals surface area contributed by atoms with Crippen LogP contribution < -0.4 is 10.5 Å². The quantitative estimate of drug-likeness (QED) is 0.766. The number of methoxy groups -OCH3 is 1. The summed E-state index contributed by atoms with van der Waals surface area (Å²) in [7, 11) is 1.65. The molecule has 2 aromatic heterocycles. The Bertz CT molecular complexity index is 705. The van der Waals surface area contributed by atoms with E-state index in [1.54, 1.807) is 24.2 Å².